The molecule has 0 fully saturated rings. The van der Waals surface area contributed by atoms with Gasteiger partial charge in [-0.3, -0.25) is 0 Å². The molecule has 3 nitrogen and oxygen atoms in total. The number of benzene rings is 2. The van der Waals surface area contributed by atoms with Crippen LogP contribution in [0.1, 0.15) is 18.5 Å². The van der Waals surface area contributed by atoms with Crippen LogP contribution in [0.4, 0.5) is 10.1 Å². The Morgan fingerprint density at radius 3 is 2.81 bits per heavy atom. The number of hydrogen-bond donors (Lipinski definition) is 2. The number of halogens is 1. The van der Waals surface area contributed by atoms with Gasteiger partial charge in [0, 0.05) is 28.8 Å². The monoisotopic (exact) mass is 284 g/mol. The van der Waals surface area contributed by atoms with Gasteiger partial charge in [0.25, 0.3) is 0 Å². The number of hydrogen-bond acceptors (Lipinski definition) is 2. The summed E-state index contributed by atoms with van der Waals surface area (Å²) in [6.07, 6.45) is 1.92. The van der Waals surface area contributed by atoms with Crippen LogP contribution in [-0.4, -0.2) is 12.1 Å². The van der Waals surface area contributed by atoms with Crippen molar-refractivity contribution >= 4 is 16.6 Å². The smallest absolute Gasteiger partial charge is 0.165 e. The third kappa shape index (κ3) is 2.70. The largest absolute Gasteiger partial charge is 0.494 e. The van der Waals surface area contributed by atoms with Crippen LogP contribution >= 0.6 is 0 Å². The van der Waals surface area contributed by atoms with Crippen LogP contribution in [0.3, 0.4) is 0 Å². The summed E-state index contributed by atoms with van der Waals surface area (Å²) in [6, 6.07) is 13.2. The molecule has 0 spiro atoms. The predicted octanol–water partition coefficient (Wildman–Crippen LogP) is 4.49. The minimum Gasteiger partial charge on any atom is -0.494 e. The molecule has 21 heavy (non-hydrogen) atoms. The first kappa shape index (κ1) is 13.5. The molecule has 0 amide bonds. The summed E-state index contributed by atoms with van der Waals surface area (Å²) in [5.74, 6) is -0.0792. The number of fused-ring (bicyclic) bond motifs is 1. The van der Waals surface area contributed by atoms with E-state index in [4.69, 9.17) is 4.74 Å². The van der Waals surface area contributed by atoms with Crippen molar-refractivity contribution in [2.75, 3.05) is 12.4 Å². The fourth-order valence-corrected chi connectivity index (χ4v) is 2.42. The lowest BCUT2D eigenvalue weighted by atomic mass is 10.1. The lowest BCUT2D eigenvalue weighted by Crippen LogP contribution is -2.07. The van der Waals surface area contributed by atoms with Crippen LogP contribution in [0.15, 0.2) is 48.7 Å². The Morgan fingerprint density at radius 2 is 2.00 bits per heavy atom. The number of ether oxygens (including phenoxy) is 1. The van der Waals surface area contributed by atoms with Gasteiger partial charge in [-0.15, -0.1) is 0 Å². The third-order valence-electron chi connectivity index (χ3n) is 3.61. The fourth-order valence-electron chi connectivity index (χ4n) is 2.42. The Bertz CT molecular complexity index is 766. The highest BCUT2D eigenvalue weighted by Gasteiger charge is 2.10. The van der Waals surface area contributed by atoms with Gasteiger partial charge in [-0.1, -0.05) is 6.07 Å². The topological polar surface area (TPSA) is 37.0 Å². The Balaban J connectivity index is 1.83. The van der Waals surface area contributed by atoms with Gasteiger partial charge in [-0.05, 0) is 48.9 Å². The Kier molecular flexibility index (Phi) is 3.52. The molecule has 0 bridgehead atoms. The summed E-state index contributed by atoms with van der Waals surface area (Å²) in [6.45, 7) is 2.04. The third-order valence-corrected chi connectivity index (χ3v) is 3.61. The molecule has 0 saturated carbocycles. The average molecular weight is 284 g/mol. The molecule has 0 aliphatic rings. The molecule has 0 aliphatic carbocycles. The van der Waals surface area contributed by atoms with Crippen LogP contribution in [0.2, 0.25) is 0 Å². The molecular formula is C17H17FN2O. The van der Waals surface area contributed by atoms with Gasteiger partial charge >= 0.3 is 0 Å². The molecule has 4 heteroatoms. The highest BCUT2D eigenvalue weighted by atomic mass is 19.1. The van der Waals surface area contributed by atoms with Crippen molar-refractivity contribution in [1.82, 2.24) is 4.98 Å². The van der Waals surface area contributed by atoms with E-state index < -0.39 is 0 Å². The highest BCUT2D eigenvalue weighted by molar-refractivity contribution is 5.83. The molecule has 1 unspecified atom stereocenters. The van der Waals surface area contributed by atoms with Crippen LogP contribution in [-0.2, 0) is 0 Å². The SMILES string of the molecule is COc1cc(C(C)Nc2ccc3[nH]ccc3c2)ccc1F. The maximum absolute atomic E-state index is 13.5. The Morgan fingerprint density at radius 1 is 1.14 bits per heavy atom. The molecule has 0 aliphatic heterocycles. The fraction of sp³-hybridized carbons (Fsp3) is 0.176. The van der Waals surface area contributed by atoms with E-state index in [0.29, 0.717) is 0 Å². The van der Waals surface area contributed by atoms with Crippen molar-refractivity contribution < 1.29 is 9.13 Å². The van der Waals surface area contributed by atoms with E-state index in [9.17, 15) is 4.39 Å². The zero-order chi connectivity index (χ0) is 14.8. The first-order valence-corrected chi connectivity index (χ1v) is 6.84. The van der Waals surface area contributed by atoms with E-state index in [1.807, 2.05) is 31.3 Å². The normalized spacial score (nSPS) is 12.3. The van der Waals surface area contributed by atoms with Crippen molar-refractivity contribution in [3.8, 4) is 5.75 Å². The molecule has 1 heterocycles. The molecule has 3 aromatic rings. The molecule has 1 atom stereocenters. The van der Waals surface area contributed by atoms with Crippen molar-refractivity contribution in [3.05, 3.63) is 60.0 Å². The molecule has 2 N–H and O–H groups in total. The van der Waals surface area contributed by atoms with Gasteiger partial charge in [0.2, 0.25) is 0 Å². The number of aromatic nitrogens is 1. The number of rotatable bonds is 4. The first-order chi connectivity index (χ1) is 10.2. The van der Waals surface area contributed by atoms with Gasteiger partial charge < -0.3 is 15.0 Å². The van der Waals surface area contributed by atoms with Crippen LogP contribution in [0, 0.1) is 5.82 Å². The van der Waals surface area contributed by atoms with Crippen LogP contribution < -0.4 is 10.1 Å². The van der Waals surface area contributed by atoms with E-state index in [2.05, 4.69) is 16.4 Å². The second kappa shape index (κ2) is 5.48. The van der Waals surface area contributed by atoms with Crippen molar-refractivity contribution in [3.63, 3.8) is 0 Å². The van der Waals surface area contributed by atoms with E-state index in [1.54, 1.807) is 12.1 Å². The summed E-state index contributed by atoms with van der Waals surface area (Å²) in [4.78, 5) is 3.17. The summed E-state index contributed by atoms with van der Waals surface area (Å²) in [5, 5.41) is 4.58. The summed E-state index contributed by atoms with van der Waals surface area (Å²) in [7, 11) is 1.47. The summed E-state index contributed by atoms with van der Waals surface area (Å²) in [5.41, 5.74) is 3.11. The standard InChI is InChI=1S/C17H17FN2O/c1-11(12-3-5-15(18)17(10-12)21-2)20-14-4-6-16-13(9-14)7-8-19-16/h3-11,19-20H,1-2H3. The zero-order valence-corrected chi connectivity index (χ0v) is 12.0. The highest BCUT2D eigenvalue weighted by Crippen LogP contribution is 2.26. The quantitative estimate of drug-likeness (QED) is 0.740. The van der Waals surface area contributed by atoms with Gasteiger partial charge in [-0.25, -0.2) is 4.39 Å². The van der Waals surface area contributed by atoms with Gasteiger partial charge in [0.05, 0.1) is 7.11 Å². The lowest BCUT2D eigenvalue weighted by molar-refractivity contribution is 0.385. The molecule has 108 valence electrons. The van der Waals surface area contributed by atoms with Crippen molar-refractivity contribution in [2.24, 2.45) is 0 Å². The van der Waals surface area contributed by atoms with Crippen LogP contribution in [0.25, 0.3) is 10.9 Å². The van der Waals surface area contributed by atoms with Gasteiger partial charge in [0.1, 0.15) is 0 Å². The number of anilines is 1. The van der Waals surface area contributed by atoms with E-state index in [-0.39, 0.29) is 17.6 Å². The van der Waals surface area contributed by atoms with Gasteiger partial charge in [-0.2, -0.15) is 0 Å². The number of methoxy groups -OCH3 is 1. The van der Waals surface area contributed by atoms with E-state index >= 15 is 0 Å². The molecule has 1 aromatic heterocycles. The van der Waals surface area contributed by atoms with Crippen molar-refractivity contribution in [2.45, 2.75) is 13.0 Å². The first-order valence-electron chi connectivity index (χ1n) is 6.84. The van der Waals surface area contributed by atoms with Crippen molar-refractivity contribution in [1.29, 1.82) is 0 Å². The minimum absolute atomic E-state index is 0.0518. The van der Waals surface area contributed by atoms with E-state index in [1.165, 1.54) is 13.2 Å². The predicted molar refractivity (Wildman–Crippen MR) is 83.3 cm³/mol. The number of H-pyrrole nitrogens is 1. The lowest BCUT2D eigenvalue weighted by Gasteiger charge is -2.17. The van der Waals surface area contributed by atoms with Crippen LogP contribution in [0.5, 0.6) is 5.75 Å². The van der Waals surface area contributed by atoms with Gasteiger partial charge in [0.15, 0.2) is 11.6 Å². The second-order valence-corrected chi connectivity index (χ2v) is 5.04. The molecule has 2 aromatic carbocycles. The average Bonchev–Trinajstić information content (AvgIpc) is 2.95. The Hall–Kier alpha value is -2.49. The zero-order valence-electron chi connectivity index (χ0n) is 12.0. The molecule has 0 radical (unpaired) electrons. The summed E-state index contributed by atoms with van der Waals surface area (Å²) >= 11 is 0. The summed E-state index contributed by atoms with van der Waals surface area (Å²) < 4.78 is 18.5. The maximum atomic E-state index is 13.5. The Labute approximate surface area is 122 Å². The maximum Gasteiger partial charge on any atom is 0.165 e. The molecular weight excluding hydrogens is 267 g/mol. The number of aromatic amines is 1. The molecule has 0 saturated heterocycles. The second-order valence-electron chi connectivity index (χ2n) is 5.04. The van der Waals surface area contributed by atoms with E-state index in [0.717, 1.165) is 22.2 Å². The minimum atomic E-state index is -0.345. The molecule has 3 rings (SSSR count). The number of nitrogens with one attached hydrogen (secondary N) is 2.